The number of rotatable bonds is 5. The number of anilines is 1. The molecule has 0 aliphatic rings. The Morgan fingerprint density at radius 1 is 1.29 bits per heavy atom. The highest BCUT2D eigenvalue weighted by molar-refractivity contribution is 7.80. The molecule has 0 amide bonds. The van der Waals surface area contributed by atoms with Gasteiger partial charge in [0.05, 0.1) is 12.3 Å². The second kappa shape index (κ2) is 7.45. The molecule has 1 heterocycles. The van der Waals surface area contributed by atoms with E-state index in [0.29, 0.717) is 16.7 Å². The van der Waals surface area contributed by atoms with Crippen LogP contribution in [0, 0.1) is 0 Å². The standard InChI is InChI=1S/C15H18ClN3OS/c1-19(2)13(14-4-3-9-20-14)10-17-15(21)18-12-7-5-11(16)6-8-12/h3-9,13H,10H2,1-2H3,(H2,17,18,21)/t13-/m1/s1. The summed E-state index contributed by atoms with van der Waals surface area (Å²) in [5.41, 5.74) is 0.899. The normalized spacial score (nSPS) is 12.2. The van der Waals surface area contributed by atoms with Gasteiger partial charge >= 0.3 is 0 Å². The largest absolute Gasteiger partial charge is 0.468 e. The first-order valence-corrected chi connectivity index (χ1v) is 7.35. The van der Waals surface area contributed by atoms with Gasteiger partial charge in [-0.2, -0.15) is 0 Å². The highest BCUT2D eigenvalue weighted by Crippen LogP contribution is 2.18. The maximum atomic E-state index is 5.85. The van der Waals surface area contributed by atoms with Gasteiger partial charge in [0.25, 0.3) is 0 Å². The van der Waals surface area contributed by atoms with Gasteiger partial charge in [0.1, 0.15) is 5.76 Å². The zero-order chi connectivity index (χ0) is 15.2. The third-order valence-electron chi connectivity index (χ3n) is 3.05. The van der Waals surface area contributed by atoms with Gasteiger partial charge in [0.15, 0.2) is 5.11 Å². The van der Waals surface area contributed by atoms with Gasteiger partial charge in [-0.25, -0.2) is 0 Å². The van der Waals surface area contributed by atoms with Crippen molar-refractivity contribution in [3.63, 3.8) is 0 Å². The number of thiocarbonyl (C=S) groups is 1. The van der Waals surface area contributed by atoms with Crippen molar-refractivity contribution in [2.45, 2.75) is 6.04 Å². The summed E-state index contributed by atoms with van der Waals surface area (Å²) in [4.78, 5) is 2.08. The number of benzene rings is 1. The SMILES string of the molecule is CN(C)[C@H](CNC(=S)Nc1ccc(Cl)cc1)c1ccco1. The fourth-order valence-electron chi connectivity index (χ4n) is 1.92. The summed E-state index contributed by atoms with van der Waals surface area (Å²) in [5, 5.41) is 7.59. The molecule has 0 spiro atoms. The summed E-state index contributed by atoms with van der Waals surface area (Å²) in [6, 6.07) is 11.4. The molecule has 2 N–H and O–H groups in total. The van der Waals surface area contributed by atoms with Crippen LogP contribution in [0.3, 0.4) is 0 Å². The lowest BCUT2D eigenvalue weighted by Crippen LogP contribution is -2.36. The number of nitrogens with one attached hydrogen (secondary N) is 2. The van der Waals surface area contributed by atoms with Crippen molar-refractivity contribution in [1.82, 2.24) is 10.2 Å². The van der Waals surface area contributed by atoms with E-state index in [2.05, 4.69) is 15.5 Å². The van der Waals surface area contributed by atoms with Crippen molar-refractivity contribution in [3.8, 4) is 0 Å². The Labute approximate surface area is 135 Å². The third kappa shape index (κ3) is 4.74. The predicted molar refractivity (Wildman–Crippen MR) is 90.8 cm³/mol. The third-order valence-corrected chi connectivity index (χ3v) is 3.55. The molecule has 2 rings (SSSR count). The Balaban J connectivity index is 1.89. The van der Waals surface area contributed by atoms with Crippen LogP contribution in [0.1, 0.15) is 11.8 Å². The van der Waals surface area contributed by atoms with E-state index in [1.807, 2.05) is 50.5 Å². The minimum Gasteiger partial charge on any atom is -0.468 e. The van der Waals surface area contributed by atoms with Crippen LogP contribution < -0.4 is 10.6 Å². The Morgan fingerprint density at radius 3 is 2.57 bits per heavy atom. The number of nitrogens with zero attached hydrogens (tertiary/aromatic N) is 1. The van der Waals surface area contributed by atoms with Gasteiger partial charge in [-0.05, 0) is 62.7 Å². The second-order valence-electron chi connectivity index (χ2n) is 4.84. The summed E-state index contributed by atoms with van der Waals surface area (Å²) in [5.74, 6) is 0.904. The van der Waals surface area contributed by atoms with Gasteiger partial charge in [0.2, 0.25) is 0 Å². The Bertz CT molecular complexity index is 569. The van der Waals surface area contributed by atoms with E-state index >= 15 is 0 Å². The maximum Gasteiger partial charge on any atom is 0.170 e. The Hall–Kier alpha value is -1.56. The minimum absolute atomic E-state index is 0.116. The molecule has 1 aromatic carbocycles. The molecule has 0 aliphatic heterocycles. The summed E-state index contributed by atoms with van der Waals surface area (Å²) in [7, 11) is 4.01. The molecule has 0 aliphatic carbocycles. The van der Waals surface area contributed by atoms with E-state index in [9.17, 15) is 0 Å². The van der Waals surface area contributed by atoms with Gasteiger partial charge in [-0.15, -0.1) is 0 Å². The molecule has 21 heavy (non-hydrogen) atoms. The fourth-order valence-corrected chi connectivity index (χ4v) is 2.24. The van der Waals surface area contributed by atoms with Crippen molar-refractivity contribution < 1.29 is 4.42 Å². The van der Waals surface area contributed by atoms with E-state index in [-0.39, 0.29) is 6.04 Å². The average Bonchev–Trinajstić information content (AvgIpc) is 2.95. The Kier molecular flexibility index (Phi) is 5.61. The van der Waals surface area contributed by atoms with Crippen LogP contribution in [-0.2, 0) is 0 Å². The summed E-state index contributed by atoms with van der Waals surface area (Å²) >= 11 is 11.1. The highest BCUT2D eigenvalue weighted by atomic mass is 35.5. The van der Waals surface area contributed by atoms with E-state index in [0.717, 1.165) is 11.4 Å². The van der Waals surface area contributed by atoms with Crippen molar-refractivity contribution >= 4 is 34.6 Å². The molecule has 0 fully saturated rings. The van der Waals surface area contributed by atoms with Crippen LogP contribution >= 0.6 is 23.8 Å². The zero-order valence-electron chi connectivity index (χ0n) is 12.0. The lowest BCUT2D eigenvalue weighted by Gasteiger charge is -2.23. The molecular weight excluding hydrogens is 306 g/mol. The average molecular weight is 324 g/mol. The molecular formula is C15H18ClN3OS. The minimum atomic E-state index is 0.116. The molecule has 6 heteroatoms. The lowest BCUT2D eigenvalue weighted by molar-refractivity contribution is 0.259. The van der Waals surface area contributed by atoms with Crippen LogP contribution in [-0.4, -0.2) is 30.7 Å². The smallest absolute Gasteiger partial charge is 0.170 e. The first-order valence-electron chi connectivity index (χ1n) is 6.56. The number of likely N-dealkylation sites (N-methyl/N-ethyl adjacent to an activating group) is 1. The van der Waals surface area contributed by atoms with Gasteiger partial charge in [0, 0.05) is 17.3 Å². The fraction of sp³-hybridized carbons (Fsp3) is 0.267. The first-order chi connectivity index (χ1) is 10.1. The first kappa shape index (κ1) is 15.8. The molecule has 0 radical (unpaired) electrons. The molecule has 0 unspecified atom stereocenters. The highest BCUT2D eigenvalue weighted by Gasteiger charge is 2.16. The van der Waals surface area contributed by atoms with Crippen LogP contribution in [0.2, 0.25) is 5.02 Å². The molecule has 4 nitrogen and oxygen atoms in total. The Morgan fingerprint density at radius 2 is 2.00 bits per heavy atom. The van der Waals surface area contributed by atoms with E-state index in [1.165, 1.54) is 0 Å². The monoisotopic (exact) mass is 323 g/mol. The van der Waals surface area contributed by atoms with Gasteiger partial charge in [-0.1, -0.05) is 11.6 Å². The van der Waals surface area contributed by atoms with Gasteiger partial charge in [-0.3, -0.25) is 4.90 Å². The van der Waals surface area contributed by atoms with E-state index in [4.69, 9.17) is 28.2 Å². The molecule has 1 aromatic heterocycles. The summed E-state index contributed by atoms with van der Waals surface area (Å²) in [6.07, 6.45) is 1.68. The summed E-state index contributed by atoms with van der Waals surface area (Å²) in [6.45, 7) is 0.653. The molecule has 1 atom stereocenters. The topological polar surface area (TPSA) is 40.4 Å². The predicted octanol–water partition coefficient (Wildman–Crippen LogP) is 3.52. The number of halogens is 1. The molecule has 0 saturated heterocycles. The molecule has 2 aromatic rings. The number of furan rings is 1. The van der Waals surface area contributed by atoms with Crippen molar-refractivity contribution in [1.29, 1.82) is 0 Å². The molecule has 0 bridgehead atoms. The van der Waals surface area contributed by atoms with Crippen LogP contribution in [0.15, 0.2) is 47.1 Å². The molecule has 0 saturated carbocycles. The number of hydrogen-bond donors (Lipinski definition) is 2. The van der Waals surface area contributed by atoms with Crippen molar-refractivity contribution in [2.24, 2.45) is 0 Å². The van der Waals surface area contributed by atoms with E-state index in [1.54, 1.807) is 6.26 Å². The quantitative estimate of drug-likeness (QED) is 0.824. The summed E-state index contributed by atoms with van der Waals surface area (Å²) < 4.78 is 5.46. The van der Waals surface area contributed by atoms with Crippen molar-refractivity contribution in [2.75, 3.05) is 26.0 Å². The van der Waals surface area contributed by atoms with Crippen LogP contribution in [0.4, 0.5) is 5.69 Å². The van der Waals surface area contributed by atoms with Crippen LogP contribution in [0.25, 0.3) is 0 Å². The molecule has 112 valence electrons. The van der Waals surface area contributed by atoms with Crippen molar-refractivity contribution in [3.05, 3.63) is 53.4 Å². The maximum absolute atomic E-state index is 5.85. The lowest BCUT2D eigenvalue weighted by atomic mass is 10.2. The second-order valence-corrected chi connectivity index (χ2v) is 5.68. The van der Waals surface area contributed by atoms with Crippen LogP contribution in [0.5, 0.6) is 0 Å². The van der Waals surface area contributed by atoms with Gasteiger partial charge < -0.3 is 15.1 Å². The number of hydrogen-bond acceptors (Lipinski definition) is 3. The van der Waals surface area contributed by atoms with E-state index < -0.39 is 0 Å². The zero-order valence-corrected chi connectivity index (χ0v) is 13.5.